The highest BCUT2D eigenvalue weighted by Gasteiger charge is 2.13. The van der Waals surface area contributed by atoms with Gasteiger partial charge >= 0.3 is 12.6 Å². The molecule has 1 rings (SSSR count). The molecule has 0 unspecified atom stereocenters. The summed E-state index contributed by atoms with van der Waals surface area (Å²) in [5, 5.41) is 1.61. The van der Waals surface area contributed by atoms with Crippen molar-refractivity contribution in [1.82, 2.24) is 0 Å². The summed E-state index contributed by atoms with van der Waals surface area (Å²) in [5.41, 5.74) is 0. The largest absolute Gasteiger partial charge is 0.399 e. The second-order valence-corrected chi connectivity index (χ2v) is 2.59. The Labute approximate surface area is 65.4 Å². The summed E-state index contributed by atoms with van der Waals surface area (Å²) < 4.78 is 26.5. The molecule has 0 atom stereocenters. The molecule has 1 aromatic heterocycles. The van der Waals surface area contributed by atoms with E-state index in [2.05, 4.69) is 4.74 Å². The Morgan fingerprint density at radius 2 is 2.36 bits per heavy atom. The maximum absolute atomic E-state index is 11.4. The zero-order chi connectivity index (χ0) is 8.27. The van der Waals surface area contributed by atoms with Gasteiger partial charge in [-0.1, -0.05) is 6.07 Å². The number of carbonyl (C=O) groups excluding carboxylic acids is 1. The third kappa shape index (κ3) is 2.27. The lowest BCUT2D eigenvalue weighted by molar-refractivity contribution is -0.0903. The first-order valence-corrected chi connectivity index (χ1v) is 3.61. The number of alkyl halides is 2. The fraction of sp³-hybridized carbons (Fsp3) is 0.167. The molecule has 0 spiro atoms. The second kappa shape index (κ2) is 3.43. The van der Waals surface area contributed by atoms with Crippen LogP contribution in [0.2, 0.25) is 0 Å². The maximum atomic E-state index is 11.4. The predicted octanol–water partition coefficient (Wildman–Crippen LogP) is 2.13. The minimum Gasteiger partial charge on any atom is -0.399 e. The predicted molar refractivity (Wildman–Crippen MR) is 35.7 cm³/mol. The van der Waals surface area contributed by atoms with Crippen LogP contribution in [0.5, 0.6) is 0 Å². The van der Waals surface area contributed by atoms with E-state index in [0.29, 0.717) is 0 Å². The van der Waals surface area contributed by atoms with Gasteiger partial charge in [-0.3, -0.25) is 0 Å². The number of thiophene rings is 1. The number of ether oxygens (including phenoxy) is 1. The van der Waals surface area contributed by atoms with Crippen molar-refractivity contribution < 1.29 is 18.3 Å². The van der Waals surface area contributed by atoms with Gasteiger partial charge in [0.2, 0.25) is 0 Å². The summed E-state index contributed by atoms with van der Waals surface area (Å²) in [6.45, 7) is -3.04. The van der Waals surface area contributed by atoms with Crippen LogP contribution in [0, 0.1) is 0 Å². The summed E-state index contributed by atoms with van der Waals surface area (Å²) in [7, 11) is 0. The highest BCUT2D eigenvalue weighted by Crippen LogP contribution is 2.11. The summed E-state index contributed by atoms with van der Waals surface area (Å²) in [6, 6.07) is 3.02. The number of hydrogen-bond acceptors (Lipinski definition) is 3. The van der Waals surface area contributed by atoms with Crippen LogP contribution in [0.15, 0.2) is 17.5 Å². The third-order valence-electron chi connectivity index (χ3n) is 0.918. The molecule has 2 nitrogen and oxygen atoms in total. The van der Waals surface area contributed by atoms with Gasteiger partial charge in [-0.15, -0.1) is 11.3 Å². The molecule has 0 fully saturated rings. The van der Waals surface area contributed by atoms with Crippen LogP contribution in [-0.4, -0.2) is 12.6 Å². The van der Waals surface area contributed by atoms with Gasteiger partial charge in [-0.05, 0) is 11.4 Å². The molecule has 0 saturated carbocycles. The zero-order valence-corrected chi connectivity index (χ0v) is 6.11. The van der Waals surface area contributed by atoms with Crippen molar-refractivity contribution in [3.05, 3.63) is 22.4 Å². The molecule has 60 valence electrons. The normalized spacial score (nSPS) is 10.1. The summed E-state index contributed by atoms with van der Waals surface area (Å²) >= 11 is 1.07. The molecule has 0 aromatic carbocycles. The minimum absolute atomic E-state index is 0.185. The molecular formula is C6H4F2O2S. The zero-order valence-electron chi connectivity index (χ0n) is 5.29. The molecule has 0 N–H and O–H groups in total. The molecule has 1 heterocycles. The average Bonchev–Trinajstić information content (AvgIpc) is 2.35. The fourth-order valence-electron chi connectivity index (χ4n) is 0.534. The number of carbonyl (C=O) groups is 1. The second-order valence-electron chi connectivity index (χ2n) is 1.64. The first kappa shape index (κ1) is 8.13. The number of halogens is 2. The lowest BCUT2D eigenvalue weighted by Crippen LogP contribution is -2.07. The Kier molecular flexibility index (Phi) is 2.53. The van der Waals surface area contributed by atoms with Crippen LogP contribution >= 0.6 is 11.3 Å². The Morgan fingerprint density at radius 1 is 1.64 bits per heavy atom. The van der Waals surface area contributed by atoms with Crippen LogP contribution in [0.3, 0.4) is 0 Å². The lowest BCUT2D eigenvalue weighted by atomic mass is 10.5. The smallest absolute Gasteiger partial charge is 0.389 e. The van der Waals surface area contributed by atoms with Gasteiger partial charge in [0, 0.05) is 0 Å². The molecule has 1 aromatic rings. The van der Waals surface area contributed by atoms with Crippen LogP contribution in [0.4, 0.5) is 8.78 Å². The van der Waals surface area contributed by atoms with Crippen LogP contribution in [0.25, 0.3) is 0 Å². The van der Waals surface area contributed by atoms with Crippen molar-refractivity contribution in [2.75, 3.05) is 0 Å². The van der Waals surface area contributed by atoms with Gasteiger partial charge in [-0.2, -0.15) is 8.78 Å². The SMILES string of the molecule is O=C(OC(F)F)c1cccs1. The molecule has 0 radical (unpaired) electrons. The molecule has 0 amide bonds. The van der Waals surface area contributed by atoms with E-state index in [9.17, 15) is 13.6 Å². The minimum atomic E-state index is -3.04. The Balaban J connectivity index is 2.57. The van der Waals surface area contributed by atoms with E-state index in [1.54, 1.807) is 11.4 Å². The van der Waals surface area contributed by atoms with Gasteiger partial charge in [0.15, 0.2) is 0 Å². The Hall–Kier alpha value is -0.970. The molecule has 11 heavy (non-hydrogen) atoms. The highest BCUT2D eigenvalue weighted by molar-refractivity contribution is 7.11. The van der Waals surface area contributed by atoms with E-state index >= 15 is 0 Å². The lowest BCUT2D eigenvalue weighted by Gasteiger charge is -1.98. The van der Waals surface area contributed by atoms with Gasteiger partial charge < -0.3 is 4.74 Å². The number of esters is 1. The first-order chi connectivity index (χ1) is 5.20. The van der Waals surface area contributed by atoms with Gasteiger partial charge in [0.05, 0.1) is 0 Å². The molecule has 0 saturated heterocycles. The van der Waals surface area contributed by atoms with Crippen molar-refractivity contribution >= 4 is 17.3 Å². The Bertz CT molecular complexity index is 233. The molecular weight excluding hydrogens is 174 g/mol. The topological polar surface area (TPSA) is 26.3 Å². The number of hydrogen-bond donors (Lipinski definition) is 0. The van der Waals surface area contributed by atoms with E-state index < -0.39 is 12.6 Å². The van der Waals surface area contributed by atoms with Gasteiger partial charge in [0.1, 0.15) is 4.88 Å². The van der Waals surface area contributed by atoms with Crippen LogP contribution in [0.1, 0.15) is 9.67 Å². The molecule has 5 heteroatoms. The summed E-state index contributed by atoms with van der Waals surface area (Å²) in [4.78, 5) is 10.8. The fourth-order valence-corrected chi connectivity index (χ4v) is 1.14. The van der Waals surface area contributed by atoms with Crippen LogP contribution < -0.4 is 0 Å². The average molecular weight is 178 g/mol. The highest BCUT2D eigenvalue weighted by atomic mass is 32.1. The summed E-state index contributed by atoms with van der Waals surface area (Å²) in [5.74, 6) is -0.977. The molecule has 0 aliphatic carbocycles. The van der Waals surface area contributed by atoms with E-state index in [1.807, 2.05) is 0 Å². The van der Waals surface area contributed by atoms with E-state index in [0.717, 1.165) is 11.3 Å². The van der Waals surface area contributed by atoms with E-state index in [-0.39, 0.29) is 4.88 Å². The van der Waals surface area contributed by atoms with Gasteiger partial charge in [-0.25, -0.2) is 4.79 Å². The summed E-state index contributed by atoms with van der Waals surface area (Å²) in [6.07, 6.45) is 0. The maximum Gasteiger partial charge on any atom is 0.389 e. The quantitative estimate of drug-likeness (QED) is 0.648. The molecule has 0 aliphatic heterocycles. The van der Waals surface area contributed by atoms with E-state index in [1.165, 1.54) is 6.07 Å². The van der Waals surface area contributed by atoms with Crippen molar-refractivity contribution in [1.29, 1.82) is 0 Å². The van der Waals surface area contributed by atoms with E-state index in [4.69, 9.17) is 0 Å². The monoisotopic (exact) mass is 178 g/mol. The van der Waals surface area contributed by atoms with Crippen molar-refractivity contribution in [2.24, 2.45) is 0 Å². The molecule has 0 bridgehead atoms. The van der Waals surface area contributed by atoms with Crippen LogP contribution in [-0.2, 0) is 4.74 Å². The third-order valence-corrected chi connectivity index (χ3v) is 1.77. The van der Waals surface area contributed by atoms with Gasteiger partial charge in [0.25, 0.3) is 0 Å². The standard InChI is InChI=1S/C6H4F2O2S/c7-6(8)10-5(9)4-2-1-3-11-4/h1-3,6H. The van der Waals surface area contributed by atoms with Crippen molar-refractivity contribution in [3.63, 3.8) is 0 Å². The van der Waals surface area contributed by atoms with Crippen molar-refractivity contribution in [2.45, 2.75) is 6.61 Å². The van der Waals surface area contributed by atoms with Crippen molar-refractivity contribution in [3.8, 4) is 0 Å². The molecule has 0 aliphatic rings. The number of rotatable bonds is 2. The Morgan fingerprint density at radius 3 is 2.82 bits per heavy atom. The first-order valence-electron chi connectivity index (χ1n) is 2.73.